The third-order valence-electron chi connectivity index (χ3n) is 11.2. The predicted molar refractivity (Wildman–Crippen MR) is 223 cm³/mol. The highest BCUT2D eigenvalue weighted by Gasteiger charge is 2.36. The quantitative estimate of drug-likeness (QED) is 0.176. The Morgan fingerprint density at radius 3 is 1.85 bits per heavy atom. The normalized spacial score (nSPS) is 13.2. The minimum atomic E-state index is -0.0735. The van der Waals surface area contributed by atoms with Gasteiger partial charge in [0.1, 0.15) is 0 Å². The lowest BCUT2D eigenvalue weighted by atomic mass is 9.82. The van der Waals surface area contributed by atoms with Gasteiger partial charge in [-0.1, -0.05) is 174 Å². The molecule has 0 spiro atoms. The predicted octanol–water partition coefficient (Wildman–Crippen LogP) is 14.4. The lowest BCUT2D eigenvalue weighted by Crippen LogP contribution is -2.17. The molecule has 0 bridgehead atoms. The monoisotopic (exact) mass is 669 g/mol. The zero-order valence-corrected chi connectivity index (χ0v) is 30.6. The summed E-state index contributed by atoms with van der Waals surface area (Å²) in [6.45, 7) is 11.6. The average Bonchev–Trinajstić information content (AvgIpc) is 3.40. The van der Waals surface area contributed by atoms with Gasteiger partial charge in [0, 0.05) is 22.2 Å². The Kier molecular flexibility index (Phi) is 7.45. The summed E-state index contributed by atoms with van der Waals surface area (Å²) in [5.74, 6) is 0. The van der Waals surface area contributed by atoms with E-state index >= 15 is 0 Å². The van der Waals surface area contributed by atoms with Gasteiger partial charge in [-0.25, -0.2) is 0 Å². The second-order valence-corrected chi connectivity index (χ2v) is 15.8. The van der Waals surface area contributed by atoms with Crippen LogP contribution in [-0.4, -0.2) is 0 Å². The van der Waals surface area contributed by atoms with Gasteiger partial charge >= 0.3 is 0 Å². The highest BCUT2D eigenvalue weighted by atomic mass is 15.1. The van der Waals surface area contributed by atoms with E-state index < -0.39 is 0 Å². The molecule has 0 unspecified atom stereocenters. The lowest BCUT2D eigenvalue weighted by Gasteiger charge is -2.32. The first-order chi connectivity index (χ1) is 25.2. The zero-order chi connectivity index (χ0) is 35.6. The molecule has 0 amide bonds. The van der Waals surface area contributed by atoms with Gasteiger partial charge in [0.15, 0.2) is 0 Å². The van der Waals surface area contributed by atoms with Gasteiger partial charge in [-0.05, 0) is 96.2 Å². The maximum atomic E-state index is 2.53. The molecule has 0 radical (unpaired) electrons. The maximum absolute atomic E-state index is 2.53. The van der Waals surface area contributed by atoms with E-state index in [9.17, 15) is 0 Å². The van der Waals surface area contributed by atoms with E-state index in [4.69, 9.17) is 0 Å². The topological polar surface area (TPSA) is 3.24 Å². The van der Waals surface area contributed by atoms with Crippen LogP contribution in [0.3, 0.4) is 0 Å². The van der Waals surface area contributed by atoms with Gasteiger partial charge in [0.25, 0.3) is 0 Å². The molecule has 1 nitrogen and oxygen atoms in total. The van der Waals surface area contributed by atoms with Crippen LogP contribution < -0.4 is 4.90 Å². The molecule has 0 aliphatic heterocycles. The SMILES string of the molecule is CC(C)(C)c1ccc(N(c2ccc3c(c2)-c2ccccc2C3(C)C)c2ccc3ccccc3c2-c2cccc3ccccc23)c(-c2ccccc2)c1. The van der Waals surface area contributed by atoms with E-state index in [0.29, 0.717) is 0 Å². The molecule has 8 aromatic carbocycles. The highest BCUT2D eigenvalue weighted by Crippen LogP contribution is 2.53. The summed E-state index contributed by atoms with van der Waals surface area (Å²) >= 11 is 0. The van der Waals surface area contributed by atoms with Crippen LogP contribution >= 0.6 is 0 Å². The van der Waals surface area contributed by atoms with Gasteiger partial charge in [-0.2, -0.15) is 0 Å². The van der Waals surface area contributed by atoms with Crippen molar-refractivity contribution in [2.45, 2.75) is 45.4 Å². The van der Waals surface area contributed by atoms with E-state index in [2.05, 4.69) is 209 Å². The first-order valence-corrected chi connectivity index (χ1v) is 18.4. The Morgan fingerprint density at radius 2 is 1.06 bits per heavy atom. The Hall–Kier alpha value is -5.92. The second kappa shape index (κ2) is 12.1. The molecule has 0 saturated carbocycles. The van der Waals surface area contributed by atoms with Crippen LogP contribution in [0.15, 0.2) is 170 Å². The molecular weight excluding hydrogens is 627 g/mol. The molecule has 0 N–H and O–H groups in total. The van der Waals surface area contributed by atoms with E-state index in [1.165, 1.54) is 71.6 Å². The molecule has 9 rings (SSSR count). The molecule has 8 aromatic rings. The van der Waals surface area contributed by atoms with Crippen molar-refractivity contribution in [3.8, 4) is 33.4 Å². The van der Waals surface area contributed by atoms with Crippen LogP contribution in [0.1, 0.15) is 51.3 Å². The van der Waals surface area contributed by atoms with Gasteiger partial charge in [0.2, 0.25) is 0 Å². The summed E-state index contributed by atoms with van der Waals surface area (Å²) in [6.07, 6.45) is 0. The Morgan fingerprint density at radius 1 is 0.442 bits per heavy atom. The van der Waals surface area contributed by atoms with Gasteiger partial charge in [-0.15, -0.1) is 0 Å². The van der Waals surface area contributed by atoms with Crippen LogP contribution in [0.4, 0.5) is 17.1 Å². The molecule has 0 fully saturated rings. The molecule has 0 saturated heterocycles. The van der Waals surface area contributed by atoms with Crippen LogP contribution in [-0.2, 0) is 10.8 Å². The van der Waals surface area contributed by atoms with Crippen molar-refractivity contribution in [3.63, 3.8) is 0 Å². The van der Waals surface area contributed by atoms with Crippen LogP contribution in [0.5, 0.6) is 0 Å². The fourth-order valence-electron chi connectivity index (χ4n) is 8.47. The fourth-order valence-corrected chi connectivity index (χ4v) is 8.47. The Bertz CT molecular complexity index is 2630. The van der Waals surface area contributed by atoms with Gasteiger partial charge in [-0.3, -0.25) is 0 Å². The smallest absolute Gasteiger partial charge is 0.0546 e. The average molecular weight is 670 g/mol. The number of benzene rings is 8. The van der Waals surface area contributed by atoms with E-state index in [-0.39, 0.29) is 10.8 Å². The Labute approximate surface area is 307 Å². The third kappa shape index (κ3) is 5.15. The van der Waals surface area contributed by atoms with Gasteiger partial charge < -0.3 is 4.90 Å². The van der Waals surface area contributed by atoms with Crippen molar-refractivity contribution in [2.75, 3.05) is 4.90 Å². The van der Waals surface area contributed by atoms with Crippen molar-refractivity contribution in [2.24, 2.45) is 0 Å². The van der Waals surface area contributed by atoms with Crippen molar-refractivity contribution >= 4 is 38.6 Å². The summed E-state index contributed by atoms with van der Waals surface area (Å²) in [4.78, 5) is 2.53. The van der Waals surface area contributed by atoms with Crippen molar-refractivity contribution in [1.29, 1.82) is 0 Å². The lowest BCUT2D eigenvalue weighted by molar-refractivity contribution is 0.590. The third-order valence-corrected chi connectivity index (χ3v) is 11.2. The summed E-state index contributed by atoms with van der Waals surface area (Å²) < 4.78 is 0. The van der Waals surface area contributed by atoms with Gasteiger partial charge in [0.05, 0.1) is 11.4 Å². The molecule has 1 heteroatoms. The summed E-state index contributed by atoms with van der Waals surface area (Å²) in [5.41, 5.74) is 14.9. The molecule has 1 aliphatic carbocycles. The van der Waals surface area contributed by atoms with E-state index in [1.54, 1.807) is 0 Å². The molecule has 0 atom stereocenters. The number of hydrogen-bond acceptors (Lipinski definition) is 1. The Balaban J connectivity index is 1.41. The molecule has 0 aromatic heterocycles. The van der Waals surface area contributed by atoms with Crippen molar-refractivity contribution in [1.82, 2.24) is 0 Å². The van der Waals surface area contributed by atoms with Crippen LogP contribution in [0.25, 0.3) is 54.9 Å². The second-order valence-electron chi connectivity index (χ2n) is 15.8. The molecule has 1 aliphatic rings. The fraction of sp³-hybridized carbons (Fsp3) is 0.137. The van der Waals surface area contributed by atoms with Crippen LogP contribution in [0, 0.1) is 0 Å². The maximum Gasteiger partial charge on any atom is 0.0546 e. The summed E-state index contributed by atoms with van der Waals surface area (Å²) in [6, 6.07) is 63.1. The van der Waals surface area contributed by atoms with Crippen molar-refractivity contribution < 1.29 is 0 Å². The van der Waals surface area contributed by atoms with Crippen molar-refractivity contribution in [3.05, 3.63) is 187 Å². The first kappa shape index (κ1) is 32.0. The molecular formula is C51H43N. The first-order valence-electron chi connectivity index (χ1n) is 18.4. The summed E-state index contributed by atoms with van der Waals surface area (Å²) in [7, 11) is 0. The molecule has 252 valence electrons. The minimum Gasteiger partial charge on any atom is -0.309 e. The number of fused-ring (bicyclic) bond motifs is 5. The van der Waals surface area contributed by atoms with E-state index in [1.807, 2.05) is 0 Å². The molecule has 52 heavy (non-hydrogen) atoms. The molecule has 0 heterocycles. The van der Waals surface area contributed by atoms with Crippen LogP contribution in [0.2, 0.25) is 0 Å². The number of rotatable bonds is 5. The largest absolute Gasteiger partial charge is 0.309 e. The standard InChI is InChI=1S/C51H43N/c1-50(2,3)37-27-31-47(43(32-37)35-16-7-6-8-17-35)52(38-28-29-46-44(33-38)41-23-13-14-25-45(41)51(46,4)5)48-30-26-36-19-10-12-22-40(36)49(48)42-24-15-20-34-18-9-11-21-39(34)42/h6-33H,1-5H3. The van der Waals surface area contributed by atoms with E-state index in [0.717, 1.165) is 17.1 Å². The number of anilines is 3. The highest BCUT2D eigenvalue weighted by molar-refractivity contribution is 6.12. The summed E-state index contributed by atoms with van der Waals surface area (Å²) in [5, 5.41) is 4.95. The number of hydrogen-bond donors (Lipinski definition) is 0. The number of nitrogens with zero attached hydrogens (tertiary/aromatic N) is 1. The zero-order valence-electron chi connectivity index (χ0n) is 30.6. The minimum absolute atomic E-state index is 0.00713.